The Labute approximate surface area is 261 Å². The number of benzene rings is 3. The SMILES string of the molecule is N=C(N)c1ccc(CNC(=O)C2CCCN2C(=O)[C@H](NS(=O)(=O)Cc2ccccc2)C(c2ccccc2)c2ccccc2)s1. The molecule has 0 aliphatic carbocycles. The van der Waals surface area contributed by atoms with Crippen LogP contribution in [0, 0.1) is 5.41 Å². The highest BCUT2D eigenvalue weighted by atomic mass is 32.2. The molecule has 2 heterocycles. The van der Waals surface area contributed by atoms with Gasteiger partial charge in [-0.2, -0.15) is 0 Å². The van der Waals surface area contributed by atoms with Gasteiger partial charge in [-0.05, 0) is 41.7 Å². The molecule has 2 atom stereocenters. The highest BCUT2D eigenvalue weighted by Gasteiger charge is 2.42. The molecule has 44 heavy (non-hydrogen) atoms. The number of thiophene rings is 1. The van der Waals surface area contributed by atoms with Crippen LogP contribution in [-0.4, -0.2) is 49.6 Å². The number of nitrogens with two attached hydrogens (primary N) is 1. The number of nitrogens with zero attached hydrogens (tertiary/aromatic N) is 1. The molecule has 1 aromatic heterocycles. The molecule has 9 nitrogen and oxygen atoms in total. The molecule has 3 aromatic carbocycles. The molecule has 5 N–H and O–H groups in total. The van der Waals surface area contributed by atoms with Crippen LogP contribution >= 0.6 is 11.3 Å². The molecular weight excluding hydrogens is 595 g/mol. The Bertz CT molecular complexity index is 1660. The molecule has 4 aromatic rings. The largest absolute Gasteiger partial charge is 0.383 e. The van der Waals surface area contributed by atoms with E-state index in [1.165, 1.54) is 16.2 Å². The third kappa shape index (κ3) is 7.60. The topological polar surface area (TPSA) is 145 Å². The van der Waals surface area contributed by atoms with E-state index in [-0.39, 0.29) is 24.0 Å². The van der Waals surface area contributed by atoms with Crippen molar-refractivity contribution in [3.05, 3.63) is 130 Å². The van der Waals surface area contributed by atoms with Crippen molar-refractivity contribution in [1.82, 2.24) is 14.9 Å². The fraction of sp³-hybridized carbons (Fsp3) is 0.242. The number of carbonyl (C=O) groups is 2. The average Bonchev–Trinajstić information content (AvgIpc) is 3.71. The quantitative estimate of drug-likeness (QED) is 0.139. The van der Waals surface area contributed by atoms with Gasteiger partial charge in [0.15, 0.2) is 0 Å². The molecule has 2 amide bonds. The first-order valence-electron chi connectivity index (χ1n) is 14.4. The summed E-state index contributed by atoms with van der Waals surface area (Å²) in [6.07, 6.45) is 1.08. The second-order valence-corrected chi connectivity index (χ2v) is 13.6. The lowest BCUT2D eigenvalue weighted by Gasteiger charge is -2.33. The lowest BCUT2D eigenvalue weighted by Crippen LogP contribution is -2.55. The molecule has 1 saturated heterocycles. The van der Waals surface area contributed by atoms with Crippen LogP contribution < -0.4 is 15.8 Å². The summed E-state index contributed by atoms with van der Waals surface area (Å²) in [7, 11) is -3.98. The first-order valence-corrected chi connectivity index (χ1v) is 16.8. The van der Waals surface area contributed by atoms with E-state index in [9.17, 15) is 18.0 Å². The van der Waals surface area contributed by atoms with Crippen molar-refractivity contribution in [3.8, 4) is 0 Å². The zero-order valence-electron chi connectivity index (χ0n) is 24.1. The standard InChI is InChI=1S/C33H35N5O4S2/c34-31(35)28-19-18-26(43-28)21-36-32(39)27-17-10-20-38(27)33(40)30(37-44(41,42)22-23-11-4-1-5-12-23)29(24-13-6-2-7-14-24)25-15-8-3-9-16-25/h1-9,11-16,18-19,27,29-30,37H,10,17,20-22H2,(H3,34,35)(H,36,39)/t27?,30-/m1/s1. The molecule has 1 unspecified atom stereocenters. The Morgan fingerprint density at radius 3 is 2.07 bits per heavy atom. The van der Waals surface area contributed by atoms with Crippen LogP contribution in [0.5, 0.6) is 0 Å². The highest BCUT2D eigenvalue weighted by molar-refractivity contribution is 7.88. The molecule has 0 spiro atoms. The minimum absolute atomic E-state index is 0.0349. The number of carbonyl (C=O) groups excluding carboxylic acids is 2. The molecule has 228 valence electrons. The van der Waals surface area contributed by atoms with Gasteiger partial charge in [-0.15, -0.1) is 11.3 Å². The lowest BCUT2D eigenvalue weighted by molar-refractivity contribution is -0.140. The number of hydrogen-bond acceptors (Lipinski definition) is 6. The van der Waals surface area contributed by atoms with Gasteiger partial charge in [0.1, 0.15) is 17.9 Å². The number of hydrogen-bond donors (Lipinski definition) is 4. The maximum absolute atomic E-state index is 14.5. The maximum Gasteiger partial charge on any atom is 0.243 e. The van der Waals surface area contributed by atoms with Gasteiger partial charge in [-0.25, -0.2) is 13.1 Å². The van der Waals surface area contributed by atoms with Gasteiger partial charge in [0.05, 0.1) is 17.2 Å². The minimum atomic E-state index is -3.98. The van der Waals surface area contributed by atoms with Crippen LogP contribution in [0.25, 0.3) is 0 Å². The predicted octanol–water partition coefficient (Wildman–Crippen LogP) is 3.96. The van der Waals surface area contributed by atoms with Crippen molar-refractivity contribution in [2.45, 2.75) is 43.1 Å². The Morgan fingerprint density at radius 1 is 0.909 bits per heavy atom. The van der Waals surface area contributed by atoms with Crippen molar-refractivity contribution in [3.63, 3.8) is 0 Å². The molecular formula is C33H35N5O4S2. The van der Waals surface area contributed by atoms with Crippen LogP contribution in [0.2, 0.25) is 0 Å². The summed E-state index contributed by atoms with van der Waals surface area (Å²) in [5.41, 5.74) is 7.72. The van der Waals surface area contributed by atoms with Crippen LogP contribution in [0.1, 0.15) is 45.2 Å². The third-order valence-electron chi connectivity index (χ3n) is 7.63. The maximum atomic E-state index is 14.5. The number of nitrogens with one attached hydrogen (secondary N) is 3. The number of amidine groups is 1. The van der Waals surface area contributed by atoms with Crippen LogP contribution in [0.15, 0.2) is 103 Å². The van der Waals surface area contributed by atoms with Gasteiger partial charge in [-0.3, -0.25) is 15.0 Å². The van der Waals surface area contributed by atoms with E-state index in [1.54, 1.807) is 36.4 Å². The summed E-state index contributed by atoms with van der Waals surface area (Å²) in [5, 5.41) is 10.5. The van der Waals surface area contributed by atoms with Gasteiger partial charge < -0.3 is 16.0 Å². The van der Waals surface area contributed by atoms with Gasteiger partial charge in [-0.1, -0.05) is 91.0 Å². The van der Waals surface area contributed by atoms with E-state index in [2.05, 4.69) is 10.0 Å². The highest BCUT2D eigenvalue weighted by Crippen LogP contribution is 2.32. The molecule has 5 rings (SSSR count). The molecule has 11 heteroatoms. The Hall–Kier alpha value is -4.32. The van der Waals surface area contributed by atoms with Crippen molar-refractivity contribution in [2.75, 3.05) is 6.54 Å². The molecule has 1 aliphatic rings. The molecule has 0 bridgehead atoms. The second kappa shape index (κ2) is 14.0. The van der Waals surface area contributed by atoms with E-state index in [0.717, 1.165) is 16.0 Å². The number of likely N-dealkylation sites (tertiary alicyclic amines) is 1. The lowest BCUT2D eigenvalue weighted by atomic mass is 9.84. The fourth-order valence-corrected chi connectivity index (χ4v) is 7.73. The Morgan fingerprint density at radius 2 is 1.50 bits per heavy atom. The molecule has 1 aliphatic heterocycles. The van der Waals surface area contributed by atoms with Gasteiger partial charge >= 0.3 is 0 Å². The van der Waals surface area contributed by atoms with Crippen LogP contribution in [0.4, 0.5) is 0 Å². The monoisotopic (exact) mass is 629 g/mol. The molecule has 0 radical (unpaired) electrons. The van der Waals surface area contributed by atoms with Crippen molar-refractivity contribution < 1.29 is 18.0 Å². The normalized spacial score (nSPS) is 15.7. The summed E-state index contributed by atoms with van der Waals surface area (Å²) in [6.45, 7) is 0.566. The summed E-state index contributed by atoms with van der Waals surface area (Å²) in [6, 6.07) is 29.1. The zero-order valence-corrected chi connectivity index (χ0v) is 25.7. The van der Waals surface area contributed by atoms with Crippen LogP contribution in [0.3, 0.4) is 0 Å². The first kappa shape index (κ1) is 31.1. The summed E-state index contributed by atoms with van der Waals surface area (Å²) in [4.78, 5) is 30.9. The number of sulfonamides is 1. The predicted molar refractivity (Wildman–Crippen MR) is 173 cm³/mol. The summed E-state index contributed by atoms with van der Waals surface area (Å²) >= 11 is 1.32. The third-order valence-corrected chi connectivity index (χ3v) is 10.1. The van der Waals surface area contributed by atoms with Crippen molar-refractivity contribution in [1.29, 1.82) is 5.41 Å². The molecule has 1 fully saturated rings. The van der Waals surface area contributed by atoms with E-state index in [4.69, 9.17) is 11.1 Å². The fourth-order valence-electron chi connectivity index (χ4n) is 5.58. The summed E-state index contributed by atoms with van der Waals surface area (Å²) < 4.78 is 30.0. The molecule has 0 saturated carbocycles. The zero-order chi connectivity index (χ0) is 31.1. The van der Waals surface area contributed by atoms with Crippen molar-refractivity contribution >= 4 is 39.0 Å². The van der Waals surface area contributed by atoms with E-state index in [1.807, 2.05) is 66.7 Å². The van der Waals surface area contributed by atoms with Gasteiger partial charge in [0, 0.05) is 17.3 Å². The van der Waals surface area contributed by atoms with E-state index >= 15 is 0 Å². The van der Waals surface area contributed by atoms with Crippen molar-refractivity contribution in [2.24, 2.45) is 5.73 Å². The van der Waals surface area contributed by atoms with Gasteiger partial charge in [0.25, 0.3) is 0 Å². The Balaban J connectivity index is 1.45. The van der Waals surface area contributed by atoms with Crippen LogP contribution in [-0.2, 0) is 31.9 Å². The van der Waals surface area contributed by atoms with E-state index in [0.29, 0.717) is 29.8 Å². The first-order chi connectivity index (χ1) is 21.2. The Kier molecular flexibility index (Phi) is 9.89. The second-order valence-electron chi connectivity index (χ2n) is 10.7. The van der Waals surface area contributed by atoms with E-state index < -0.39 is 33.9 Å². The smallest absolute Gasteiger partial charge is 0.243 e. The number of nitrogen functional groups attached to an aromatic ring is 1. The number of amides is 2. The number of rotatable bonds is 12. The average molecular weight is 630 g/mol. The summed E-state index contributed by atoms with van der Waals surface area (Å²) in [5.74, 6) is -1.73. The van der Waals surface area contributed by atoms with Gasteiger partial charge in [0.2, 0.25) is 21.8 Å². The minimum Gasteiger partial charge on any atom is -0.383 e.